The smallest absolute Gasteiger partial charge is 0.220 e. The summed E-state index contributed by atoms with van der Waals surface area (Å²) in [7, 11) is 1.63. The summed E-state index contributed by atoms with van der Waals surface area (Å²) in [4.78, 5) is 12.4. The minimum atomic E-state index is 0.163. The monoisotopic (exact) mass is 267 g/mol. The Morgan fingerprint density at radius 2 is 1.85 bits per heavy atom. The number of hydrogen-bond acceptors (Lipinski definition) is 6. The summed E-state index contributed by atoms with van der Waals surface area (Å²) in [5, 5.41) is 1.84. The second kappa shape index (κ2) is 4.65. The lowest BCUT2D eigenvalue weighted by Crippen LogP contribution is -2.02. The number of fused-ring (bicyclic) bond motifs is 1. The Balaban J connectivity index is 2.34. The van der Waals surface area contributed by atoms with Crippen molar-refractivity contribution in [3.05, 3.63) is 36.7 Å². The molecule has 0 saturated carbocycles. The molecule has 6 heteroatoms. The highest BCUT2D eigenvalue weighted by Gasteiger charge is 2.13. The van der Waals surface area contributed by atoms with Gasteiger partial charge in [0.2, 0.25) is 5.95 Å². The first kappa shape index (κ1) is 12.2. The number of nitrogens with zero attached hydrogens (tertiary/aromatic N) is 3. The van der Waals surface area contributed by atoms with Crippen molar-refractivity contribution in [1.29, 1.82) is 0 Å². The maximum atomic E-state index is 5.93. The van der Waals surface area contributed by atoms with E-state index in [-0.39, 0.29) is 5.95 Å². The highest BCUT2D eigenvalue weighted by Crippen LogP contribution is 2.33. The number of nitrogens with two attached hydrogens (primary N) is 2. The second-order valence-corrected chi connectivity index (χ2v) is 4.25. The van der Waals surface area contributed by atoms with Gasteiger partial charge in [-0.25, -0.2) is 9.97 Å². The fourth-order valence-corrected chi connectivity index (χ4v) is 2.14. The molecule has 0 aliphatic heterocycles. The molecule has 0 aliphatic carbocycles. The van der Waals surface area contributed by atoms with Gasteiger partial charge in [-0.1, -0.05) is 12.1 Å². The van der Waals surface area contributed by atoms with Gasteiger partial charge in [-0.2, -0.15) is 0 Å². The van der Waals surface area contributed by atoms with E-state index in [1.54, 1.807) is 13.3 Å². The molecule has 0 saturated heterocycles. The lowest BCUT2D eigenvalue weighted by molar-refractivity contribution is 0.420. The van der Waals surface area contributed by atoms with Crippen LogP contribution >= 0.6 is 0 Å². The van der Waals surface area contributed by atoms with Crippen molar-refractivity contribution < 1.29 is 4.74 Å². The van der Waals surface area contributed by atoms with Crippen molar-refractivity contribution in [2.75, 3.05) is 18.6 Å². The number of ether oxygens (including phenoxy) is 1. The molecular weight excluding hydrogens is 254 g/mol. The van der Waals surface area contributed by atoms with E-state index in [0.29, 0.717) is 17.1 Å². The van der Waals surface area contributed by atoms with Gasteiger partial charge >= 0.3 is 0 Å². The lowest BCUT2D eigenvalue weighted by atomic mass is 10.1. The van der Waals surface area contributed by atoms with E-state index in [2.05, 4.69) is 15.0 Å². The first-order valence-corrected chi connectivity index (χ1v) is 6.01. The standard InChI is InChI=1S/C14H13N5O/c1-20-11-4-2-3-9-8(11)5-6-17-12(9)13-10(15)7-18-14(16)19-13/h2-7H,15H2,1H3,(H2,16,18,19). The first-order chi connectivity index (χ1) is 9.70. The highest BCUT2D eigenvalue weighted by molar-refractivity contribution is 5.99. The third-order valence-electron chi connectivity index (χ3n) is 3.05. The molecule has 0 radical (unpaired) electrons. The van der Waals surface area contributed by atoms with Gasteiger partial charge in [-0.15, -0.1) is 0 Å². The van der Waals surface area contributed by atoms with Gasteiger partial charge in [0.1, 0.15) is 11.4 Å². The number of benzene rings is 1. The summed E-state index contributed by atoms with van der Waals surface area (Å²) in [6, 6.07) is 7.62. The Morgan fingerprint density at radius 1 is 1.00 bits per heavy atom. The molecule has 0 spiro atoms. The topological polar surface area (TPSA) is 99.9 Å². The molecule has 0 aliphatic rings. The molecule has 3 rings (SSSR count). The molecule has 3 aromatic rings. The van der Waals surface area contributed by atoms with Crippen molar-refractivity contribution >= 4 is 22.4 Å². The predicted octanol–water partition coefficient (Wildman–Crippen LogP) is 1.86. The Labute approximate surface area is 115 Å². The van der Waals surface area contributed by atoms with Gasteiger partial charge < -0.3 is 16.2 Å². The zero-order valence-corrected chi connectivity index (χ0v) is 10.9. The van der Waals surface area contributed by atoms with E-state index in [0.717, 1.165) is 16.5 Å². The number of pyridine rings is 1. The molecule has 2 heterocycles. The van der Waals surface area contributed by atoms with Crippen LogP contribution in [0.25, 0.3) is 22.2 Å². The van der Waals surface area contributed by atoms with Gasteiger partial charge in [0.25, 0.3) is 0 Å². The van der Waals surface area contributed by atoms with E-state index in [4.69, 9.17) is 16.2 Å². The largest absolute Gasteiger partial charge is 0.496 e. The van der Waals surface area contributed by atoms with Crippen LogP contribution in [0.2, 0.25) is 0 Å². The average Bonchev–Trinajstić information content (AvgIpc) is 2.48. The van der Waals surface area contributed by atoms with Crippen LogP contribution in [0.3, 0.4) is 0 Å². The molecule has 0 amide bonds. The fraction of sp³-hybridized carbons (Fsp3) is 0.0714. The number of rotatable bonds is 2. The predicted molar refractivity (Wildman–Crippen MR) is 78.1 cm³/mol. The fourth-order valence-electron chi connectivity index (χ4n) is 2.14. The Bertz CT molecular complexity index is 788. The normalized spacial score (nSPS) is 10.7. The summed E-state index contributed by atoms with van der Waals surface area (Å²) in [6.07, 6.45) is 3.18. The molecule has 100 valence electrons. The first-order valence-electron chi connectivity index (χ1n) is 6.01. The van der Waals surface area contributed by atoms with Crippen molar-refractivity contribution in [2.45, 2.75) is 0 Å². The van der Waals surface area contributed by atoms with Crippen LogP contribution in [0.15, 0.2) is 36.7 Å². The number of nitrogen functional groups attached to an aromatic ring is 2. The van der Waals surface area contributed by atoms with Gasteiger partial charge in [0, 0.05) is 17.0 Å². The molecule has 2 aromatic heterocycles. The van der Waals surface area contributed by atoms with Crippen LogP contribution in [-0.4, -0.2) is 22.1 Å². The van der Waals surface area contributed by atoms with E-state index < -0.39 is 0 Å². The van der Waals surface area contributed by atoms with Gasteiger partial charge in [-0.3, -0.25) is 4.98 Å². The Hall–Kier alpha value is -2.89. The number of hydrogen-bond donors (Lipinski definition) is 2. The quantitative estimate of drug-likeness (QED) is 0.735. The van der Waals surface area contributed by atoms with Gasteiger partial charge in [-0.05, 0) is 12.1 Å². The van der Waals surface area contributed by atoms with Crippen molar-refractivity contribution in [1.82, 2.24) is 15.0 Å². The summed E-state index contributed by atoms with van der Waals surface area (Å²) in [5.74, 6) is 0.933. The number of anilines is 2. The molecule has 0 unspecified atom stereocenters. The Kier molecular flexibility index (Phi) is 2.83. The van der Waals surface area contributed by atoms with Crippen LogP contribution in [0.5, 0.6) is 5.75 Å². The molecule has 20 heavy (non-hydrogen) atoms. The van der Waals surface area contributed by atoms with Crippen LogP contribution in [0, 0.1) is 0 Å². The molecule has 0 bridgehead atoms. The number of methoxy groups -OCH3 is 1. The molecule has 6 nitrogen and oxygen atoms in total. The van der Waals surface area contributed by atoms with E-state index in [9.17, 15) is 0 Å². The van der Waals surface area contributed by atoms with Crippen molar-refractivity contribution in [3.63, 3.8) is 0 Å². The highest BCUT2D eigenvalue weighted by atomic mass is 16.5. The summed E-state index contributed by atoms with van der Waals surface area (Å²) < 4.78 is 5.36. The molecule has 4 N–H and O–H groups in total. The summed E-state index contributed by atoms with van der Waals surface area (Å²) >= 11 is 0. The lowest BCUT2D eigenvalue weighted by Gasteiger charge is -2.10. The number of aromatic nitrogens is 3. The van der Waals surface area contributed by atoms with Crippen molar-refractivity contribution in [2.24, 2.45) is 0 Å². The van der Waals surface area contributed by atoms with Crippen LogP contribution in [0.4, 0.5) is 11.6 Å². The minimum absolute atomic E-state index is 0.163. The van der Waals surface area contributed by atoms with E-state index in [1.165, 1.54) is 6.20 Å². The average molecular weight is 267 g/mol. The van der Waals surface area contributed by atoms with Crippen molar-refractivity contribution in [3.8, 4) is 17.1 Å². The van der Waals surface area contributed by atoms with Crippen LogP contribution < -0.4 is 16.2 Å². The third-order valence-corrected chi connectivity index (χ3v) is 3.05. The maximum absolute atomic E-state index is 5.93. The van der Waals surface area contributed by atoms with Gasteiger partial charge in [0.05, 0.1) is 24.7 Å². The SMILES string of the molecule is COc1cccc2c(-c3nc(N)ncc3N)nccc12. The van der Waals surface area contributed by atoms with Crippen LogP contribution in [0.1, 0.15) is 0 Å². The molecule has 0 atom stereocenters. The van der Waals surface area contributed by atoms with E-state index >= 15 is 0 Å². The Morgan fingerprint density at radius 3 is 2.65 bits per heavy atom. The maximum Gasteiger partial charge on any atom is 0.220 e. The third kappa shape index (κ3) is 1.87. The zero-order chi connectivity index (χ0) is 14.1. The summed E-state index contributed by atoms with van der Waals surface area (Å²) in [5.41, 5.74) is 13.2. The molecular formula is C14H13N5O. The molecule has 0 fully saturated rings. The van der Waals surface area contributed by atoms with E-state index in [1.807, 2.05) is 24.3 Å². The van der Waals surface area contributed by atoms with Crippen LogP contribution in [-0.2, 0) is 0 Å². The summed E-state index contributed by atoms with van der Waals surface area (Å²) in [6.45, 7) is 0. The molecule has 1 aromatic carbocycles. The zero-order valence-electron chi connectivity index (χ0n) is 10.9. The van der Waals surface area contributed by atoms with Gasteiger partial charge in [0.15, 0.2) is 0 Å². The minimum Gasteiger partial charge on any atom is -0.496 e. The second-order valence-electron chi connectivity index (χ2n) is 4.25.